The van der Waals surface area contributed by atoms with Gasteiger partial charge in [0.05, 0.1) is 6.10 Å². The van der Waals surface area contributed by atoms with E-state index < -0.39 is 11.9 Å². The van der Waals surface area contributed by atoms with E-state index in [1.54, 1.807) is 7.11 Å². The Kier molecular flexibility index (Phi) is 3.04. The normalized spacial score (nSPS) is 22.8. The highest BCUT2D eigenvalue weighted by molar-refractivity contribution is 5.68. The van der Waals surface area contributed by atoms with Crippen LogP contribution < -0.4 is 5.32 Å². The molecule has 0 bridgehead atoms. The molecule has 1 fully saturated rings. The van der Waals surface area contributed by atoms with Gasteiger partial charge in [0.25, 0.3) is 0 Å². The van der Waals surface area contributed by atoms with E-state index in [4.69, 9.17) is 4.74 Å². The van der Waals surface area contributed by atoms with Crippen molar-refractivity contribution in [1.82, 2.24) is 14.6 Å². The average Bonchev–Trinajstić information content (AvgIpc) is 2.77. The molecule has 5 nitrogen and oxygen atoms in total. The van der Waals surface area contributed by atoms with E-state index >= 15 is 0 Å². The zero-order valence-corrected chi connectivity index (χ0v) is 10.7. The topological polar surface area (TPSA) is 51.5 Å². The summed E-state index contributed by atoms with van der Waals surface area (Å²) in [6.45, 7) is 0. The number of hydrogen-bond acceptors (Lipinski definition) is 4. The first-order valence-corrected chi connectivity index (χ1v) is 6.18. The second kappa shape index (κ2) is 4.62. The lowest BCUT2D eigenvalue weighted by molar-refractivity contribution is -0.141. The fourth-order valence-corrected chi connectivity index (χ4v) is 2.24. The molecule has 2 aromatic heterocycles. The first kappa shape index (κ1) is 13.2. The first-order valence-electron chi connectivity index (χ1n) is 6.18. The standard InChI is InChI=1S/C12H13F3N4O/c1-20-8-4-7(5-8)17-11-9-6-10(12(13,14)15)18-19(9)3-2-16-11/h2-3,6-8H,4-5H2,1H3,(H,16,17). The second-order valence-electron chi connectivity index (χ2n) is 4.80. The lowest BCUT2D eigenvalue weighted by atomic mass is 9.89. The monoisotopic (exact) mass is 286 g/mol. The minimum absolute atomic E-state index is 0.169. The third kappa shape index (κ3) is 2.31. The molecular formula is C12H13F3N4O. The lowest BCUT2D eigenvalue weighted by Crippen LogP contribution is -2.40. The number of alkyl halides is 3. The van der Waals surface area contributed by atoms with Gasteiger partial charge >= 0.3 is 6.18 Å². The maximum absolute atomic E-state index is 12.7. The van der Waals surface area contributed by atoms with Crippen LogP contribution in [0, 0.1) is 0 Å². The number of nitrogens with one attached hydrogen (secondary N) is 1. The van der Waals surface area contributed by atoms with Crippen molar-refractivity contribution in [3.05, 3.63) is 24.2 Å². The molecule has 0 aromatic carbocycles. The number of aromatic nitrogens is 3. The van der Waals surface area contributed by atoms with Crippen LogP contribution in [0.3, 0.4) is 0 Å². The van der Waals surface area contributed by atoms with Gasteiger partial charge in [0.1, 0.15) is 5.52 Å². The SMILES string of the molecule is COC1CC(Nc2nccn3nc(C(F)(F)F)cc23)C1. The molecule has 1 saturated carbocycles. The van der Waals surface area contributed by atoms with Crippen LogP contribution in [0.25, 0.3) is 5.52 Å². The summed E-state index contributed by atoms with van der Waals surface area (Å²) in [4.78, 5) is 4.09. The van der Waals surface area contributed by atoms with Crippen LogP contribution in [0.1, 0.15) is 18.5 Å². The van der Waals surface area contributed by atoms with Crippen molar-refractivity contribution in [3.63, 3.8) is 0 Å². The van der Waals surface area contributed by atoms with Crippen molar-refractivity contribution in [1.29, 1.82) is 0 Å². The molecule has 8 heteroatoms. The van der Waals surface area contributed by atoms with Crippen LogP contribution in [0.15, 0.2) is 18.5 Å². The van der Waals surface area contributed by atoms with Crippen LogP contribution in [0.4, 0.5) is 19.0 Å². The van der Waals surface area contributed by atoms with E-state index in [-0.39, 0.29) is 12.1 Å². The third-order valence-corrected chi connectivity index (χ3v) is 3.45. The quantitative estimate of drug-likeness (QED) is 0.941. The molecule has 20 heavy (non-hydrogen) atoms. The fourth-order valence-electron chi connectivity index (χ4n) is 2.24. The Bertz CT molecular complexity index is 619. The Balaban J connectivity index is 1.86. The Hall–Kier alpha value is -1.83. The highest BCUT2D eigenvalue weighted by Gasteiger charge is 2.35. The molecule has 0 spiro atoms. The summed E-state index contributed by atoms with van der Waals surface area (Å²) >= 11 is 0. The number of hydrogen-bond donors (Lipinski definition) is 1. The predicted octanol–water partition coefficient (Wildman–Crippen LogP) is 2.34. The van der Waals surface area contributed by atoms with E-state index in [1.807, 2.05) is 0 Å². The molecule has 0 saturated heterocycles. The Morgan fingerprint density at radius 1 is 1.40 bits per heavy atom. The van der Waals surface area contributed by atoms with Gasteiger partial charge in [-0.3, -0.25) is 0 Å². The molecule has 108 valence electrons. The smallest absolute Gasteiger partial charge is 0.381 e. The summed E-state index contributed by atoms with van der Waals surface area (Å²) in [5.41, 5.74) is -0.599. The average molecular weight is 286 g/mol. The largest absolute Gasteiger partial charge is 0.435 e. The lowest BCUT2D eigenvalue weighted by Gasteiger charge is -2.34. The van der Waals surface area contributed by atoms with Gasteiger partial charge < -0.3 is 10.1 Å². The van der Waals surface area contributed by atoms with Gasteiger partial charge in [0.2, 0.25) is 0 Å². The summed E-state index contributed by atoms with van der Waals surface area (Å²) in [6, 6.07) is 1.17. The van der Waals surface area contributed by atoms with Crippen molar-refractivity contribution >= 4 is 11.3 Å². The summed E-state index contributed by atoms with van der Waals surface area (Å²) < 4.78 is 44.3. The molecule has 0 atom stereocenters. The molecule has 0 radical (unpaired) electrons. The molecule has 2 aromatic rings. The number of nitrogens with zero attached hydrogens (tertiary/aromatic N) is 3. The summed E-state index contributed by atoms with van der Waals surface area (Å²) in [7, 11) is 1.65. The molecule has 1 aliphatic carbocycles. The van der Waals surface area contributed by atoms with Gasteiger partial charge in [-0.25, -0.2) is 9.50 Å². The zero-order chi connectivity index (χ0) is 14.3. The number of ether oxygens (including phenoxy) is 1. The van der Waals surface area contributed by atoms with Gasteiger partial charge in [0, 0.05) is 31.6 Å². The fraction of sp³-hybridized carbons (Fsp3) is 0.500. The molecule has 1 aliphatic rings. The number of rotatable bonds is 3. The summed E-state index contributed by atoms with van der Waals surface area (Å²) in [5.74, 6) is 0.412. The first-order chi connectivity index (χ1) is 9.47. The Morgan fingerprint density at radius 2 is 2.15 bits per heavy atom. The van der Waals surface area contributed by atoms with Crippen LogP contribution in [0.2, 0.25) is 0 Å². The summed E-state index contributed by atoms with van der Waals surface area (Å²) in [6.07, 6.45) is 0.214. The molecule has 3 rings (SSSR count). The Morgan fingerprint density at radius 3 is 2.80 bits per heavy atom. The Labute approximate surface area is 112 Å². The minimum atomic E-state index is -4.46. The molecule has 1 N–H and O–H groups in total. The summed E-state index contributed by atoms with van der Waals surface area (Å²) in [5, 5.41) is 6.65. The predicted molar refractivity (Wildman–Crippen MR) is 65.4 cm³/mol. The number of halogens is 3. The van der Waals surface area contributed by atoms with Crippen molar-refractivity contribution in [2.24, 2.45) is 0 Å². The van der Waals surface area contributed by atoms with Gasteiger partial charge in [-0.2, -0.15) is 18.3 Å². The van der Waals surface area contributed by atoms with Crippen LogP contribution >= 0.6 is 0 Å². The maximum Gasteiger partial charge on any atom is 0.435 e. The van der Waals surface area contributed by atoms with Crippen LogP contribution in [-0.2, 0) is 10.9 Å². The van der Waals surface area contributed by atoms with E-state index in [1.165, 1.54) is 16.9 Å². The molecule has 0 unspecified atom stereocenters. The van der Waals surface area contributed by atoms with Gasteiger partial charge in [0.15, 0.2) is 11.5 Å². The number of fused-ring (bicyclic) bond motifs is 1. The second-order valence-corrected chi connectivity index (χ2v) is 4.80. The zero-order valence-electron chi connectivity index (χ0n) is 10.7. The van der Waals surface area contributed by atoms with E-state index in [0.29, 0.717) is 11.3 Å². The molecule has 0 aliphatic heterocycles. The van der Waals surface area contributed by atoms with Gasteiger partial charge in [-0.15, -0.1) is 0 Å². The van der Waals surface area contributed by atoms with Crippen molar-refractivity contribution in [3.8, 4) is 0 Å². The van der Waals surface area contributed by atoms with E-state index in [2.05, 4.69) is 15.4 Å². The minimum Gasteiger partial charge on any atom is -0.381 e. The van der Waals surface area contributed by atoms with E-state index in [0.717, 1.165) is 18.9 Å². The van der Waals surface area contributed by atoms with E-state index in [9.17, 15) is 13.2 Å². The number of anilines is 1. The van der Waals surface area contributed by atoms with Gasteiger partial charge in [-0.1, -0.05) is 0 Å². The van der Waals surface area contributed by atoms with Crippen molar-refractivity contribution in [2.75, 3.05) is 12.4 Å². The highest BCUT2D eigenvalue weighted by atomic mass is 19.4. The van der Waals surface area contributed by atoms with Crippen LogP contribution in [0.5, 0.6) is 0 Å². The van der Waals surface area contributed by atoms with Crippen molar-refractivity contribution < 1.29 is 17.9 Å². The highest BCUT2D eigenvalue weighted by Crippen LogP contribution is 2.31. The molecule has 2 heterocycles. The maximum atomic E-state index is 12.7. The van der Waals surface area contributed by atoms with Crippen LogP contribution in [-0.4, -0.2) is 33.9 Å². The van der Waals surface area contributed by atoms with Gasteiger partial charge in [-0.05, 0) is 12.8 Å². The number of methoxy groups -OCH3 is 1. The molecular weight excluding hydrogens is 273 g/mol. The molecule has 0 amide bonds. The third-order valence-electron chi connectivity index (χ3n) is 3.45. The van der Waals surface area contributed by atoms with Crippen molar-refractivity contribution in [2.45, 2.75) is 31.2 Å².